The second-order valence-corrected chi connectivity index (χ2v) is 20.4. The fourth-order valence-corrected chi connectivity index (χ4v) is 12.5. The van der Waals surface area contributed by atoms with E-state index in [0.717, 1.165) is 24.9 Å². The van der Waals surface area contributed by atoms with E-state index in [1.165, 1.54) is 12.7 Å². The topological polar surface area (TPSA) is 243 Å². The first-order valence-corrected chi connectivity index (χ1v) is 27.0. The fourth-order valence-electron chi connectivity index (χ4n) is 10.3. The smallest absolute Gasteiger partial charge is 0.260 e. The van der Waals surface area contributed by atoms with Gasteiger partial charge in [0.1, 0.15) is 42.7 Å². The van der Waals surface area contributed by atoms with Crippen molar-refractivity contribution in [2.24, 2.45) is 0 Å². The van der Waals surface area contributed by atoms with Crippen LogP contribution in [0.1, 0.15) is 85.2 Å². The van der Waals surface area contributed by atoms with Gasteiger partial charge in [-0.1, -0.05) is 80.6 Å². The van der Waals surface area contributed by atoms with Gasteiger partial charge >= 0.3 is 0 Å². The number of nitrogens with zero attached hydrogens (tertiary/aromatic N) is 9. The Morgan fingerprint density at radius 1 is 0.675 bits per heavy atom. The van der Waals surface area contributed by atoms with Gasteiger partial charge in [0, 0.05) is 31.9 Å². The summed E-state index contributed by atoms with van der Waals surface area (Å²) >= 11 is 0. The molecule has 0 radical (unpaired) electrons. The van der Waals surface area contributed by atoms with Crippen LogP contribution in [0.3, 0.4) is 0 Å². The van der Waals surface area contributed by atoms with Crippen molar-refractivity contribution >= 4 is 54.3 Å². The van der Waals surface area contributed by atoms with E-state index >= 15 is 0 Å². The lowest BCUT2D eigenvalue weighted by Crippen LogP contribution is -2.37. The summed E-state index contributed by atoms with van der Waals surface area (Å²) in [6.07, 6.45) is 5.21. The predicted molar refractivity (Wildman–Crippen MR) is 283 cm³/mol. The summed E-state index contributed by atoms with van der Waals surface area (Å²) in [5.41, 5.74) is 3.55. The summed E-state index contributed by atoms with van der Waals surface area (Å²) in [5, 5.41) is 16.3. The lowest BCUT2D eigenvalue weighted by molar-refractivity contribution is -0.0765. The fraction of sp³-hybridized carbons (Fsp3) is 0.444. The Morgan fingerprint density at radius 3 is 1.71 bits per heavy atom. The molecule has 4 fully saturated rings. The number of hydrogen-bond donors (Lipinski definition) is 3. The number of aromatic nitrogens is 8. The van der Waals surface area contributed by atoms with Gasteiger partial charge in [0.25, 0.3) is 20.3 Å². The maximum atomic E-state index is 12.9. The quantitative estimate of drug-likeness (QED) is 0.0535. The van der Waals surface area contributed by atoms with Crippen LogP contribution in [-0.4, -0.2) is 150 Å². The third-order valence-corrected chi connectivity index (χ3v) is 16.2. The summed E-state index contributed by atoms with van der Waals surface area (Å²) in [6.45, 7) is 8.60. The lowest BCUT2D eigenvalue weighted by Gasteiger charge is -2.29. The molecule has 3 aromatic carbocycles. The molecule has 406 valence electrons. The number of ether oxygens (including phenoxy) is 6. The van der Waals surface area contributed by atoms with Gasteiger partial charge < -0.3 is 53.2 Å². The first-order valence-electron chi connectivity index (χ1n) is 25.9. The van der Waals surface area contributed by atoms with E-state index in [0.29, 0.717) is 84.4 Å². The Hall–Kier alpha value is -6.27. The van der Waals surface area contributed by atoms with Crippen LogP contribution >= 0.6 is 8.53 Å². The Bertz CT molecular complexity index is 3070. The molecule has 8 heterocycles. The molecule has 0 bridgehead atoms. The molecular formula is C54H64N11O11P. The molecule has 4 aromatic heterocycles. The zero-order chi connectivity index (χ0) is 53.5. The number of benzene rings is 3. The molecule has 11 rings (SSSR count). The van der Waals surface area contributed by atoms with Gasteiger partial charge in [-0.2, -0.15) is 0 Å². The summed E-state index contributed by atoms with van der Waals surface area (Å²) < 4.78 is 55.3. The van der Waals surface area contributed by atoms with Crippen molar-refractivity contribution in [1.29, 1.82) is 0 Å². The molecule has 22 nitrogen and oxygen atoms in total. The Balaban J connectivity index is 0.000000189. The number of rotatable bonds is 19. The van der Waals surface area contributed by atoms with Crippen LogP contribution in [0, 0.1) is 0 Å². The predicted octanol–water partition coefficient (Wildman–Crippen LogP) is 7.22. The van der Waals surface area contributed by atoms with E-state index in [4.69, 9.17) is 37.5 Å². The highest BCUT2D eigenvalue weighted by Crippen LogP contribution is 2.64. The molecule has 11 atom stereocenters. The molecule has 2 amide bonds. The van der Waals surface area contributed by atoms with Gasteiger partial charge in [0.05, 0.1) is 57.3 Å². The molecule has 4 aliphatic rings. The first kappa shape index (κ1) is 54.1. The van der Waals surface area contributed by atoms with E-state index < -0.39 is 51.0 Å². The third-order valence-electron chi connectivity index (χ3n) is 14.3. The van der Waals surface area contributed by atoms with Crippen molar-refractivity contribution in [3.05, 3.63) is 133 Å². The van der Waals surface area contributed by atoms with Crippen molar-refractivity contribution < 1.29 is 52.2 Å². The van der Waals surface area contributed by atoms with Crippen molar-refractivity contribution in [3.8, 4) is 0 Å². The van der Waals surface area contributed by atoms with Crippen molar-refractivity contribution in [2.75, 3.05) is 57.8 Å². The molecule has 0 spiro atoms. The van der Waals surface area contributed by atoms with E-state index in [2.05, 4.69) is 83.3 Å². The van der Waals surface area contributed by atoms with E-state index in [-0.39, 0.29) is 30.1 Å². The van der Waals surface area contributed by atoms with Crippen LogP contribution in [0.4, 0.5) is 11.6 Å². The minimum absolute atomic E-state index is 0.228. The minimum Gasteiger partial charge on any atom is -0.388 e. The SMILES string of the molecule is CC[C@H]1O[C@@H](n2cnc3c(NC(=O)c4ccccc4)ncnc32)[C@@H](OCCOC)C1O.CC[C@H]1O[C@@H](n2cnc3c(NC(=O)c4ccccc4)ncnc32)[C@@H](OCCOC)C1O[P@@]1O[C@](C)(c2ccccc2)[C@@H]2CCCN21. The van der Waals surface area contributed by atoms with E-state index in [9.17, 15) is 14.7 Å². The number of fused-ring (bicyclic) bond motifs is 3. The maximum Gasteiger partial charge on any atom is 0.260 e. The number of aliphatic hydroxyl groups excluding tert-OH is 1. The molecule has 77 heavy (non-hydrogen) atoms. The number of nitrogens with one attached hydrogen (secondary N) is 2. The number of hydrogen-bond acceptors (Lipinski definition) is 18. The van der Waals surface area contributed by atoms with Crippen LogP contribution in [0.25, 0.3) is 22.3 Å². The van der Waals surface area contributed by atoms with Crippen LogP contribution in [0.2, 0.25) is 0 Å². The first-order chi connectivity index (χ1) is 37.6. The average Bonchev–Trinajstić information content (AvgIpc) is 4.35. The van der Waals surface area contributed by atoms with E-state index in [1.807, 2.05) is 41.8 Å². The molecule has 3 N–H and O–H groups in total. The Morgan fingerprint density at radius 2 is 1.18 bits per heavy atom. The number of carbonyl (C=O) groups excluding carboxylic acids is 2. The Kier molecular flexibility index (Phi) is 17.3. The highest BCUT2D eigenvalue weighted by atomic mass is 31.2. The van der Waals surface area contributed by atoms with Gasteiger partial charge in [-0.25, -0.2) is 34.6 Å². The number of imidazole rings is 2. The largest absolute Gasteiger partial charge is 0.388 e. The summed E-state index contributed by atoms with van der Waals surface area (Å²) in [5.74, 6) is 0.0269. The van der Waals surface area contributed by atoms with Gasteiger partial charge in [-0.05, 0) is 62.4 Å². The minimum atomic E-state index is -1.39. The number of amides is 2. The highest BCUT2D eigenvalue weighted by Gasteiger charge is 2.58. The molecule has 2 unspecified atom stereocenters. The maximum absolute atomic E-state index is 12.9. The molecule has 4 saturated heterocycles. The van der Waals surface area contributed by atoms with Gasteiger partial charge in [-0.15, -0.1) is 0 Å². The van der Waals surface area contributed by atoms with Crippen LogP contribution in [0.15, 0.2) is 116 Å². The number of methoxy groups -OCH3 is 2. The number of carbonyl (C=O) groups is 2. The second kappa shape index (κ2) is 24.6. The molecule has 4 aliphatic heterocycles. The zero-order valence-electron chi connectivity index (χ0n) is 43.5. The number of aliphatic hydroxyl groups is 1. The zero-order valence-corrected chi connectivity index (χ0v) is 44.4. The third kappa shape index (κ3) is 11.2. The second-order valence-electron chi connectivity index (χ2n) is 19.0. The van der Waals surface area contributed by atoms with Crippen molar-refractivity contribution in [2.45, 2.75) is 107 Å². The van der Waals surface area contributed by atoms with Gasteiger partial charge in [0.2, 0.25) is 0 Å². The molecule has 0 saturated carbocycles. The summed E-state index contributed by atoms with van der Waals surface area (Å²) in [6, 6.07) is 28.5. The average molecular weight is 1070 g/mol. The van der Waals surface area contributed by atoms with Crippen molar-refractivity contribution in [1.82, 2.24) is 43.7 Å². The highest BCUT2D eigenvalue weighted by molar-refractivity contribution is 7.45. The molecular weight excluding hydrogens is 1010 g/mol. The normalized spacial score (nSPS) is 26.9. The van der Waals surface area contributed by atoms with E-state index in [1.54, 1.807) is 67.8 Å². The van der Waals surface area contributed by atoms with Crippen molar-refractivity contribution in [3.63, 3.8) is 0 Å². The summed E-state index contributed by atoms with van der Waals surface area (Å²) in [4.78, 5) is 51.9. The van der Waals surface area contributed by atoms with Crippen LogP contribution in [0.5, 0.6) is 0 Å². The van der Waals surface area contributed by atoms with Gasteiger partial charge in [-0.3, -0.25) is 18.7 Å². The Labute approximate surface area is 446 Å². The lowest BCUT2D eigenvalue weighted by atomic mass is 9.87. The molecule has 7 aromatic rings. The van der Waals surface area contributed by atoms with Crippen LogP contribution < -0.4 is 10.6 Å². The van der Waals surface area contributed by atoms with Crippen LogP contribution in [-0.2, 0) is 43.1 Å². The van der Waals surface area contributed by atoms with Gasteiger partial charge in [0.15, 0.2) is 46.4 Å². The monoisotopic (exact) mass is 1070 g/mol. The summed E-state index contributed by atoms with van der Waals surface area (Å²) in [7, 11) is 1.84. The standard InChI is InChI=1S/C33H39N6O6P.C21H25N5O5/c1-4-24-27(44-46-39-17-11-16-25(39)33(2,45-46)23-14-9-6-10-15-23)28(42-19-18-41-3)32(43-24)38-21-36-26-29(34-20-35-30(26)38)37-31(40)22-12-7-5-8-13-22;1-3-14-16(27)17(30-10-9-29-2)21(31-14)26-12-24-15-18(22-11-23-19(15)26)25-20(28)13-7-5-4-6-8-13/h5-10,12-15,20-21,24-25,27-28,32H,4,11,16-19H2,1-3H3,(H,34,35,37,40);4-8,11-12,14,16-17,21,27H,3,9-10H2,1-2H3,(H,22,23,25,28)/t24-,25+,27?,28+,32-,33-,46+;14-,16?,17+,21-/m11/s1. The molecule has 0 aliphatic carbocycles. The number of anilines is 2. The molecule has 23 heteroatoms.